The summed E-state index contributed by atoms with van der Waals surface area (Å²) < 4.78 is 1.28. The zero-order valence-electron chi connectivity index (χ0n) is 12.4. The molecular weight excluding hydrogens is 362 g/mol. The highest BCUT2D eigenvalue weighted by molar-refractivity contribution is 14.1. The molecule has 0 spiro atoms. The minimum atomic E-state index is -0.330. The monoisotopic (exact) mass is 386 g/mol. The van der Waals surface area contributed by atoms with Gasteiger partial charge in [-0.3, -0.25) is 0 Å². The van der Waals surface area contributed by atoms with E-state index < -0.39 is 0 Å². The number of hydrogen-bond acceptors (Lipinski definition) is 3. The predicted octanol–water partition coefficient (Wildman–Crippen LogP) is 2.34. The van der Waals surface area contributed by atoms with E-state index in [-0.39, 0.29) is 12.5 Å². The van der Waals surface area contributed by atoms with Gasteiger partial charge in [-0.15, -0.1) is 0 Å². The van der Waals surface area contributed by atoms with Crippen LogP contribution in [0, 0.1) is 3.57 Å². The molecule has 1 aromatic carbocycles. The van der Waals surface area contributed by atoms with Crippen molar-refractivity contribution in [1.82, 2.24) is 10.1 Å². The number of halogens is 1. The third kappa shape index (κ3) is 3.75. The van der Waals surface area contributed by atoms with Crippen molar-refractivity contribution < 1.29 is 5.02 Å². The van der Waals surface area contributed by atoms with Crippen LogP contribution in [0.5, 0.6) is 0 Å². The fraction of sp³-hybridized carbons (Fsp3) is 0.600. The number of piperidine rings is 1. The van der Waals surface area contributed by atoms with Gasteiger partial charge in [0.15, 0.2) is 0 Å². The molecule has 3 nitrogen and oxygen atoms in total. The molecule has 0 atom stereocenters. The average molecular weight is 386 g/mol. The van der Waals surface area contributed by atoms with Crippen LogP contribution in [-0.2, 0) is 5.41 Å². The Kier molecular flexibility index (Phi) is 5.89. The second kappa shape index (κ2) is 7.25. The maximum atomic E-state index is 9.74. The van der Waals surface area contributed by atoms with Crippen molar-refractivity contribution in [3.8, 4) is 0 Å². The molecule has 1 aromatic rings. The van der Waals surface area contributed by atoms with E-state index in [2.05, 4.69) is 63.9 Å². The van der Waals surface area contributed by atoms with Gasteiger partial charge >= 0.3 is 7.05 Å². The molecule has 1 fully saturated rings. The van der Waals surface area contributed by atoms with Crippen molar-refractivity contribution in [3.63, 3.8) is 0 Å². The van der Waals surface area contributed by atoms with E-state index in [0.717, 1.165) is 39.0 Å². The van der Waals surface area contributed by atoms with Gasteiger partial charge in [0.25, 0.3) is 0 Å². The van der Waals surface area contributed by atoms with E-state index in [0.29, 0.717) is 0 Å². The van der Waals surface area contributed by atoms with E-state index in [9.17, 15) is 5.02 Å². The van der Waals surface area contributed by atoms with E-state index in [1.807, 2.05) is 6.82 Å². The number of benzene rings is 1. The average Bonchev–Trinajstić information content (AvgIpc) is 2.46. The molecule has 1 saturated heterocycles. The first-order chi connectivity index (χ1) is 9.57. The number of nitrogens with one attached hydrogen (secondary N) is 1. The highest BCUT2D eigenvalue weighted by Crippen LogP contribution is 2.35. The normalized spacial score (nSPS) is 19.0. The Morgan fingerprint density at radius 1 is 1.30 bits per heavy atom. The fourth-order valence-electron chi connectivity index (χ4n) is 3.06. The van der Waals surface area contributed by atoms with Crippen molar-refractivity contribution >= 4 is 29.6 Å². The molecule has 0 unspecified atom stereocenters. The minimum Gasteiger partial charge on any atom is -0.437 e. The van der Waals surface area contributed by atoms with Gasteiger partial charge in [0.1, 0.15) is 0 Å². The Hall–Kier alpha value is -0.105. The second-order valence-corrected chi connectivity index (χ2v) is 6.98. The summed E-state index contributed by atoms with van der Waals surface area (Å²) in [5, 5.41) is 13.3. The van der Waals surface area contributed by atoms with E-state index in [1.165, 1.54) is 9.13 Å². The molecule has 0 radical (unpaired) electrons. The zero-order valence-corrected chi connectivity index (χ0v) is 14.6. The highest BCUT2D eigenvalue weighted by Gasteiger charge is 2.37. The maximum Gasteiger partial charge on any atom is 0.376 e. The van der Waals surface area contributed by atoms with E-state index in [4.69, 9.17) is 0 Å². The lowest BCUT2D eigenvalue weighted by atomic mass is 9.70. The molecule has 0 aliphatic carbocycles. The van der Waals surface area contributed by atoms with Gasteiger partial charge < -0.3 is 15.2 Å². The summed E-state index contributed by atoms with van der Waals surface area (Å²) in [6, 6.07) is 8.95. The summed E-state index contributed by atoms with van der Waals surface area (Å²) in [4.78, 5) is 2.16. The Morgan fingerprint density at radius 2 is 1.90 bits per heavy atom. The van der Waals surface area contributed by atoms with Gasteiger partial charge in [-0.2, -0.15) is 0 Å². The third-order valence-electron chi connectivity index (χ3n) is 4.45. The molecule has 20 heavy (non-hydrogen) atoms. The van der Waals surface area contributed by atoms with Crippen LogP contribution in [-0.4, -0.2) is 43.1 Å². The number of rotatable bonds is 5. The van der Waals surface area contributed by atoms with Gasteiger partial charge in [-0.25, -0.2) is 0 Å². The van der Waals surface area contributed by atoms with Crippen molar-refractivity contribution in [2.45, 2.75) is 32.0 Å². The van der Waals surface area contributed by atoms with Crippen LogP contribution in [0.4, 0.5) is 0 Å². The Balaban J connectivity index is 2.17. The first-order valence-electron chi connectivity index (χ1n) is 7.46. The molecule has 110 valence electrons. The fourth-order valence-corrected chi connectivity index (χ4v) is 3.42. The molecule has 2 rings (SSSR count). The van der Waals surface area contributed by atoms with Gasteiger partial charge in [0, 0.05) is 15.5 Å². The van der Waals surface area contributed by atoms with Gasteiger partial charge in [0.2, 0.25) is 0 Å². The SMILES string of the molecule is CCNCC1(c2ccc(I)cc2)CCN(B(C)O)CC1. The molecule has 5 heteroatoms. The van der Waals surface area contributed by atoms with Gasteiger partial charge in [-0.05, 0) is 79.6 Å². The molecule has 1 heterocycles. The lowest BCUT2D eigenvalue weighted by Gasteiger charge is -2.43. The largest absolute Gasteiger partial charge is 0.437 e. The number of likely N-dealkylation sites (N-methyl/N-ethyl adjacent to an activating group) is 1. The summed E-state index contributed by atoms with van der Waals surface area (Å²) in [6.45, 7) is 7.99. The van der Waals surface area contributed by atoms with Crippen LogP contribution in [0.3, 0.4) is 0 Å². The Bertz CT molecular complexity index is 416. The van der Waals surface area contributed by atoms with Crippen LogP contribution >= 0.6 is 22.6 Å². The number of hydrogen-bond donors (Lipinski definition) is 2. The van der Waals surface area contributed by atoms with Crippen LogP contribution < -0.4 is 5.32 Å². The summed E-state index contributed by atoms with van der Waals surface area (Å²) in [5.74, 6) is 0. The molecule has 1 aliphatic rings. The van der Waals surface area contributed by atoms with Crippen molar-refractivity contribution in [1.29, 1.82) is 0 Å². The van der Waals surface area contributed by atoms with Crippen molar-refractivity contribution in [3.05, 3.63) is 33.4 Å². The highest BCUT2D eigenvalue weighted by atomic mass is 127. The maximum absolute atomic E-state index is 9.74. The standard InChI is InChI=1S/C15H24BIN2O/c1-3-18-12-15(13-4-6-14(17)7-5-13)8-10-19(11-9-15)16(2)20/h4-7,18,20H,3,8-12H2,1-2H3. The molecular formula is C15H24BIN2O. The zero-order chi connectivity index (χ0) is 14.6. The lowest BCUT2D eigenvalue weighted by Crippen LogP contribution is -2.51. The third-order valence-corrected chi connectivity index (χ3v) is 5.17. The summed E-state index contributed by atoms with van der Waals surface area (Å²) in [7, 11) is -0.330. The molecule has 1 aliphatic heterocycles. The quantitative estimate of drug-likeness (QED) is 0.603. The van der Waals surface area contributed by atoms with Crippen molar-refractivity contribution in [2.24, 2.45) is 0 Å². The van der Waals surface area contributed by atoms with Crippen LogP contribution in [0.1, 0.15) is 25.3 Å². The Morgan fingerprint density at radius 3 is 2.40 bits per heavy atom. The van der Waals surface area contributed by atoms with Crippen LogP contribution in [0.25, 0.3) is 0 Å². The molecule has 0 saturated carbocycles. The minimum absolute atomic E-state index is 0.214. The Labute approximate surface area is 136 Å². The molecule has 2 N–H and O–H groups in total. The molecule has 0 aromatic heterocycles. The van der Waals surface area contributed by atoms with Crippen LogP contribution in [0.2, 0.25) is 6.82 Å². The first-order valence-corrected chi connectivity index (χ1v) is 8.54. The van der Waals surface area contributed by atoms with Crippen LogP contribution in [0.15, 0.2) is 24.3 Å². The first kappa shape index (κ1) is 16.3. The van der Waals surface area contributed by atoms with Gasteiger partial charge in [-0.1, -0.05) is 19.1 Å². The van der Waals surface area contributed by atoms with Crippen molar-refractivity contribution in [2.75, 3.05) is 26.2 Å². The van der Waals surface area contributed by atoms with E-state index in [1.54, 1.807) is 0 Å². The topological polar surface area (TPSA) is 35.5 Å². The molecule has 0 bridgehead atoms. The summed E-state index contributed by atoms with van der Waals surface area (Å²) in [5.41, 5.74) is 1.65. The number of nitrogens with zero attached hydrogens (tertiary/aromatic N) is 1. The smallest absolute Gasteiger partial charge is 0.376 e. The second-order valence-electron chi connectivity index (χ2n) is 5.74. The lowest BCUT2D eigenvalue weighted by molar-refractivity contribution is 0.210. The van der Waals surface area contributed by atoms with E-state index >= 15 is 0 Å². The summed E-state index contributed by atoms with van der Waals surface area (Å²) >= 11 is 2.36. The predicted molar refractivity (Wildman–Crippen MR) is 94.0 cm³/mol. The summed E-state index contributed by atoms with van der Waals surface area (Å²) in [6.07, 6.45) is 2.21. The molecule has 0 amide bonds. The van der Waals surface area contributed by atoms with Gasteiger partial charge in [0.05, 0.1) is 0 Å².